The second kappa shape index (κ2) is 6.06. The van der Waals surface area contributed by atoms with Crippen LogP contribution in [0.15, 0.2) is 48.8 Å². The first kappa shape index (κ1) is 13.8. The summed E-state index contributed by atoms with van der Waals surface area (Å²) in [6.45, 7) is 1.06. The summed E-state index contributed by atoms with van der Waals surface area (Å²) in [6.07, 6.45) is 11.6. The third-order valence-corrected chi connectivity index (χ3v) is 3.76. The van der Waals surface area contributed by atoms with Gasteiger partial charge in [-0.25, -0.2) is 0 Å². The van der Waals surface area contributed by atoms with E-state index in [9.17, 15) is 0 Å². The Morgan fingerprint density at radius 3 is 2.62 bits per heavy atom. The molecule has 2 aromatic rings. The zero-order chi connectivity index (χ0) is 14.7. The fourth-order valence-corrected chi connectivity index (χ4v) is 2.68. The predicted octanol–water partition coefficient (Wildman–Crippen LogP) is 3.95. The number of rotatable bonds is 3. The Bertz CT molecular complexity index is 645. The molecule has 2 nitrogen and oxygen atoms in total. The minimum atomic E-state index is 1.04. The molecule has 1 aromatic carbocycles. The summed E-state index contributed by atoms with van der Waals surface area (Å²) >= 11 is 0. The van der Waals surface area contributed by atoms with E-state index in [2.05, 4.69) is 72.5 Å². The van der Waals surface area contributed by atoms with Crippen molar-refractivity contribution in [3.8, 4) is 0 Å². The molecule has 0 radical (unpaired) electrons. The molecule has 1 heterocycles. The largest absolute Gasteiger partial charge is 0.309 e. The first-order chi connectivity index (χ1) is 10.3. The minimum absolute atomic E-state index is 1.04. The minimum Gasteiger partial charge on any atom is -0.309 e. The van der Waals surface area contributed by atoms with Crippen LogP contribution >= 0.6 is 0 Å². The summed E-state index contributed by atoms with van der Waals surface area (Å²) in [7, 11) is 4.22. The average Bonchev–Trinajstić information content (AvgIpc) is 2.65. The van der Waals surface area contributed by atoms with E-state index < -0.39 is 0 Å². The van der Waals surface area contributed by atoms with E-state index in [0.717, 1.165) is 13.0 Å². The van der Waals surface area contributed by atoms with Gasteiger partial charge >= 0.3 is 0 Å². The fourth-order valence-electron chi connectivity index (χ4n) is 2.68. The number of aromatic nitrogens is 1. The van der Waals surface area contributed by atoms with Crippen LogP contribution in [0, 0.1) is 0 Å². The van der Waals surface area contributed by atoms with E-state index in [1.165, 1.54) is 27.8 Å². The van der Waals surface area contributed by atoms with Gasteiger partial charge in [0.25, 0.3) is 0 Å². The smallest absolute Gasteiger partial charge is 0.0346 e. The molecule has 21 heavy (non-hydrogen) atoms. The lowest BCUT2D eigenvalue weighted by atomic mass is 9.93. The molecule has 106 valence electrons. The lowest BCUT2D eigenvalue weighted by molar-refractivity contribution is 0.417. The summed E-state index contributed by atoms with van der Waals surface area (Å²) in [6, 6.07) is 10.7. The normalized spacial score (nSPS) is 14.9. The molecule has 1 aliphatic carbocycles. The summed E-state index contributed by atoms with van der Waals surface area (Å²) in [4.78, 5) is 6.47. The number of hydrogen-bond donors (Lipinski definition) is 0. The summed E-state index contributed by atoms with van der Waals surface area (Å²) in [5.74, 6) is 0. The summed E-state index contributed by atoms with van der Waals surface area (Å²) in [5.41, 5.74) is 6.34. The SMILES string of the molecule is CN(C)CC/C=C1/c2ccccc2C=Cc2cnccc21. The molecule has 1 aromatic heterocycles. The number of fused-ring (bicyclic) bond motifs is 2. The molecule has 0 unspecified atom stereocenters. The van der Waals surface area contributed by atoms with Crippen molar-refractivity contribution in [3.63, 3.8) is 0 Å². The number of hydrogen-bond acceptors (Lipinski definition) is 2. The maximum absolute atomic E-state index is 4.26. The third kappa shape index (κ3) is 2.96. The van der Waals surface area contributed by atoms with Gasteiger partial charge in [-0.3, -0.25) is 4.98 Å². The van der Waals surface area contributed by atoms with Crippen LogP contribution in [0.3, 0.4) is 0 Å². The van der Waals surface area contributed by atoms with Gasteiger partial charge < -0.3 is 4.90 Å². The Labute approximate surface area is 126 Å². The van der Waals surface area contributed by atoms with Crippen molar-refractivity contribution in [1.82, 2.24) is 9.88 Å². The van der Waals surface area contributed by atoms with Gasteiger partial charge in [0.05, 0.1) is 0 Å². The number of benzene rings is 1. The maximum Gasteiger partial charge on any atom is 0.0346 e. The molecular weight excluding hydrogens is 256 g/mol. The zero-order valence-corrected chi connectivity index (χ0v) is 12.6. The van der Waals surface area contributed by atoms with Crippen LogP contribution in [-0.4, -0.2) is 30.5 Å². The molecule has 0 aliphatic heterocycles. The van der Waals surface area contributed by atoms with E-state index in [1.807, 2.05) is 12.4 Å². The Morgan fingerprint density at radius 1 is 1.00 bits per heavy atom. The van der Waals surface area contributed by atoms with Crippen LogP contribution in [0.4, 0.5) is 0 Å². The van der Waals surface area contributed by atoms with Crippen LogP contribution in [0.2, 0.25) is 0 Å². The number of pyridine rings is 1. The van der Waals surface area contributed by atoms with Gasteiger partial charge in [-0.2, -0.15) is 0 Å². The van der Waals surface area contributed by atoms with E-state index >= 15 is 0 Å². The molecule has 0 spiro atoms. The Morgan fingerprint density at radius 2 is 1.76 bits per heavy atom. The standard InChI is InChI=1S/C19H20N2/c1-21(2)13-5-8-19-17-7-4-3-6-15(17)9-10-16-14-20-12-11-18(16)19/h3-4,6-12,14H,5,13H2,1-2H3/b19-8-. The van der Waals surface area contributed by atoms with Crippen LogP contribution in [0.25, 0.3) is 17.7 Å². The van der Waals surface area contributed by atoms with Gasteiger partial charge in [0.2, 0.25) is 0 Å². The first-order valence-electron chi connectivity index (χ1n) is 7.32. The van der Waals surface area contributed by atoms with Gasteiger partial charge in [0, 0.05) is 24.5 Å². The Hall–Kier alpha value is -2.19. The second-order valence-electron chi connectivity index (χ2n) is 5.59. The molecule has 0 amide bonds. The van der Waals surface area contributed by atoms with Gasteiger partial charge in [-0.1, -0.05) is 42.5 Å². The Kier molecular flexibility index (Phi) is 3.98. The summed E-state index contributed by atoms with van der Waals surface area (Å²) in [5, 5.41) is 0. The van der Waals surface area contributed by atoms with Crippen molar-refractivity contribution in [3.05, 3.63) is 71.1 Å². The highest BCUT2D eigenvalue weighted by Gasteiger charge is 2.14. The summed E-state index contributed by atoms with van der Waals surface area (Å²) < 4.78 is 0. The van der Waals surface area contributed by atoms with E-state index in [1.54, 1.807) is 0 Å². The number of nitrogens with zero attached hydrogens (tertiary/aromatic N) is 2. The predicted molar refractivity (Wildman–Crippen MR) is 89.9 cm³/mol. The van der Waals surface area contributed by atoms with E-state index in [-0.39, 0.29) is 0 Å². The highest BCUT2D eigenvalue weighted by Crippen LogP contribution is 2.33. The van der Waals surface area contributed by atoms with Gasteiger partial charge in [0.15, 0.2) is 0 Å². The molecule has 3 rings (SSSR count). The van der Waals surface area contributed by atoms with Crippen molar-refractivity contribution in [2.75, 3.05) is 20.6 Å². The molecule has 0 N–H and O–H groups in total. The van der Waals surface area contributed by atoms with E-state index in [0.29, 0.717) is 0 Å². The quantitative estimate of drug-likeness (QED) is 0.720. The molecule has 0 saturated heterocycles. The van der Waals surface area contributed by atoms with Crippen LogP contribution in [0.5, 0.6) is 0 Å². The molecular formula is C19H20N2. The lowest BCUT2D eigenvalue weighted by Gasteiger charge is -2.13. The van der Waals surface area contributed by atoms with Crippen molar-refractivity contribution < 1.29 is 0 Å². The van der Waals surface area contributed by atoms with Crippen molar-refractivity contribution >= 4 is 17.7 Å². The topological polar surface area (TPSA) is 16.1 Å². The van der Waals surface area contributed by atoms with Crippen LogP contribution in [0.1, 0.15) is 28.7 Å². The zero-order valence-electron chi connectivity index (χ0n) is 12.6. The highest BCUT2D eigenvalue weighted by molar-refractivity contribution is 5.93. The van der Waals surface area contributed by atoms with Gasteiger partial charge in [-0.05, 0) is 48.8 Å². The highest BCUT2D eigenvalue weighted by atomic mass is 15.0. The molecule has 2 heteroatoms. The van der Waals surface area contributed by atoms with Crippen molar-refractivity contribution in [2.24, 2.45) is 0 Å². The fraction of sp³-hybridized carbons (Fsp3) is 0.211. The monoisotopic (exact) mass is 276 g/mol. The van der Waals surface area contributed by atoms with Crippen molar-refractivity contribution in [1.29, 1.82) is 0 Å². The molecule has 0 bridgehead atoms. The van der Waals surface area contributed by atoms with Gasteiger partial charge in [0.1, 0.15) is 0 Å². The maximum atomic E-state index is 4.26. The third-order valence-electron chi connectivity index (χ3n) is 3.76. The molecule has 0 fully saturated rings. The van der Waals surface area contributed by atoms with Gasteiger partial charge in [-0.15, -0.1) is 0 Å². The average molecular weight is 276 g/mol. The van der Waals surface area contributed by atoms with E-state index in [4.69, 9.17) is 0 Å². The Balaban J connectivity index is 2.10. The first-order valence-corrected chi connectivity index (χ1v) is 7.32. The second-order valence-corrected chi connectivity index (χ2v) is 5.59. The molecule has 1 aliphatic rings. The van der Waals surface area contributed by atoms with Crippen molar-refractivity contribution in [2.45, 2.75) is 6.42 Å². The van der Waals surface area contributed by atoms with Crippen LogP contribution in [-0.2, 0) is 0 Å². The lowest BCUT2D eigenvalue weighted by Crippen LogP contribution is -2.12. The van der Waals surface area contributed by atoms with Crippen LogP contribution < -0.4 is 0 Å². The molecule has 0 saturated carbocycles. The molecule has 0 atom stereocenters.